The molecule has 25 heavy (non-hydrogen) atoms. The van der Waals surface area contributed by atoms with Gasteiger partial charge < -0.3 is 15.0 Å². The van der Waals surface area contributed by atoms with Gasteiger partial charge in [0.05, 0.1) is 16.4 Å². The number of aryl methyl sites for hydroxylation is 1. The molecule has 0 radical (unpaired) electrons. The van der Waals surface area contributed by atoms with Crippen molar-refractivity contribution >= 4 is 40.5 Å². The molecule has 0 aliphatic carbocycles. The quantitative estimate of drug-likeness (QED) is 0.802. The molecule has 0 spiro atoms. The average molecular weight is 379 g/mol. The first kappa shape index (κ1) is 17.9. The van der Waals surface area contributed by atoms with E-state index < -0.39 is 0 Å². The molecule has 4 nitrogen and oxygen atoms in total. The summed E-state index contributed by atoms with van der Waals surface area (Å²) in [5, 5.41) is 4.23. The third kappa shape index (κ3) is 4.39. The summed E-state index contributed by atoms with van der Waals surface area (Å²) in [6.07, 6.45) is 2.27. The highest BCUT2D eigenvalue weighted by molar-refractivity contribution is 6.34. The molecule has 0 unspecified atom stereocenters. The van der Waals surface area contributed by atoms with Crippen LogP contribution in [0.3, 0.4) is 0 Å². The zero-order valence-corrected chi connectivity index (χ0v) is 15.5. The van der Waals surface area contributed by atoms with Gasteiger partial charge in [-0.25, -0.2) is 0 Å². The van der Waals surface area contributed by atoms with E-state index in [2.05, 4.69) is 10.2 Å². The van der Waals surface area contributed by atoms with E-state index in [1.807, 2.05) is 31.2 Å². The number of halogens is 2. The van der Waals surface area contributed by atoms with Crippen molar-refractivity contribution in [3.05, 3.63) is 52.0 Å². The van der Waals surface area contributed by atoms with Crippen molar-refractivity contribution in [2.75, 3.05) is 29.9 Å². The number of para-hydroxylation sites is 1. The zero-order valence-electron chi connectivity index (χ0n) is 14.0. The van der Waals surface area contributed by atoms with E-state index in [0.717, 1.165) is 42.9 Å². The minimum absolute atomic E-state index is 0.0764. The summed E-state index contributed by atoms with van der Waals surface area (Å²) < 4.78 is 5.55. The summed E-state index contributed by atoms with van der Waals surface area (Å²) in [7, 11) is 0. The van der Waals surface area contributed by atoms with E-state index in [4.69, 9.17) is 27.9 Å². The summed E-state index contributed by atoms with van der Waals surface area (Å²) in [6, 6.07) is 10.9. The molecule has 1 saturated heterocycles. The van der Waals surface area contributed by atoms with Gasteiger partial charge in [0.2, 0.25) is 0 Å². The average Bonchev–Trinajstić information content (AvgIpc) is 3.10. The van der Waals surface area contributed by atoms with Crippen LogP contribution in [0, 0.1) is 6.92 Å². The van der Waals surface area contributed by atoms with Gasteiger partial charge in [0, 0.05) is 18.1 Å². The van der Waals surface area contributed by atoms with Crippen molar-refractivity contribution in [3.63, 3.8) is 0 Å². The third-order valence-corrected chi connectivity index (χ3v) is 4.91. The number of rotatable bonds is 5. The Labute approximate surface area is 157 Å². The first-order valence-corrected chi connectivity index (χ1v) is 9.02. The van der Waals surface area contributed by atoms with E-state index in [1.54, 1.807) is 12.1 Å². The molecule has 3 rings (SSSR count). The smallest absolute Gasteiger partial charge is 0.262 e. The lowest BCUT2D eigenvalue weighted by Gasteiger charge is -2.23. The molecule has 1 fully saturated rings. The van der Waals surface area contributed by atoms with Crippen molar-refractivity contribution < 1.29 is 9.53 Å². The highest BCUT2D eigenvalue weighted by atomic mass is 35.5. The minimum atomic E-state index is -0.227. The van der Waals surface area contributed by atoms with E-state index in [-0.39, 0.29) is 12.5 Å². The Bertz CT molecular complexity index is 774. The third-order valence-electron chi connectivity index (χ3n) is 4.18. The number of nitrogens with one attached hydrogen (secondary N) is 1. The normalized spacial score (nSPS) is 13.8. The number of nitrogens with zero attached hydrogens (tertiary/aromatic N) is 1. The number of hydrogen-bond donors (Lipinski definition) is 1. The lowest BCUT2D eigenvalue weighted by Crippen LogP contribution is -2.24. The first-order valence-electron chi connectivity index (χ1n) is 8.27. The Morgan fingerprint density at radius 2 is 1.92 bits per heavy atom. The molecule has 2 aromatic carbocycles. The highest BCUT2D eigenvalue weighted by Crippen LogP contribution is 2.35. The summed E-state index contributed by atoms with van der Waals surface area (Å²) >= 11 is 12.4. The van der Waals surface area contributed by atoms with Crippen LogP contribution in [0.2, 0.25) is 10.0 Å². The fraction of sp³-hybridized carbons (Fsp3) is 0.316. The molecule has 6 heteroatoms. The van der Waals surface area contributed by atoms with Gasteiger partial charge in [0.25, 0.3) is 5.91 Å². The Balaban J connectivity index is 1.66. The molecular weight excluding hydrogens is 359 g/mol. The second kappa shape index (κ2) is 7.98. The number of anilines is 2. The second-order valence-corrected chi connectivity index (χ2v) is 6.89. The maximum Gasteiger partial charge on any atom is 0.262 e. The summed E-state index contributed by atoms with van der Waals surface area (Å²) in [6.45, 7) is 3.72. The van der Waals surface area contributed by atoms with E-state index in [9.17, 15) is 4.79 Å². The molecular formula is C19H20Cl2N2O2. The molecule has 1 aliphatic rings. The SMILES string of the molecule is Cc1cc(OCC(=O)Nc2cccc(Cl)c2N2CCCC2)ccc1Cl. The van der Waals surface area contributed by atoms with Gasteiger partial charge >= 0.3 is 0 Å². The van der Waals surface area contributed by atoms with Crippen LogP contribution in [0.15, 0.2) is 36.4 Å². The van der Waals surface area contributed by atoms with Gasteiger partial charge in [-0.3, -0.25) is 4.79 Å². The van der Waals surface area contributed by atoms with Crippen LogP contribution in [-0.2, 0) is 4.79 Å². The van der Waals surface area contributed by atoms with Crippen LogP contribution in [0.25, 0.3) is 0 Å². The molecule has 1 heterocycles. The maximum atomic E-state index is 12.3. The van der Waals surface area contributed by atoms with Gasteiger partial charge in [-0.15, -0.1) is 0 Å². The Morgan fingerprint density at radius 3 is 2.64 bits per heavy atom. The lowest BCUT2D eigenvalue weighted by atomic mass is 10.2. The number of carbonyl (C=O) groups excluding carboxylic acids is 1. The fourth-order valence-corrected chi connectivity index (χ4v) is 3.33. The number of carbonyl (C=O) groups is 1. The van der Waals surface area contributed by atoms with Crippen molar-refractivity contribution in [3.8, 4) is 5.75 Å². The van der Waals surface area contributed by atoms with E-state index in [1.165, 1.54) is 0 Å². The molecule has 132 valence electrons. The van der Waals surface area contributed by atoms with E-state index >= 15 is 0 Å². The molecule has 2 aromatic rings. The van der Waals surface area contributed by atoms with Crippen LogP contribution in [0.1, 0.15) is 18.4 Å². The Hall–Kier alpha value is -1.91. The largest absolute Gasteiger partial charge is 0.484 e. The molecule has 1 aliphatic heterocycles. The first-order chi connectivity index (χ1) is 12.0. The van der Waals surface area contributed by atoms with Crippen LogP contribution >= 0.6 is 23.2 Å². The summed E-state index contributed by atoms with van der Waals surface area (Å²) in [4.78, 5) is 14.5. The van der Waals surface area contributed by atoms with Crippen molar-refractivity contribution in [1.82, 2.24) is 0 Å². The summed E-state index contributed by atoms with van der Waals surface area (Å²) in [5.74, 6) is 0.387. The number of benzene rings is 2. The fourth-order valence-electron chi connectivity index (χ4n) is 2.92. The monoisotopic (exact) mass is 378 g/mol. The van der Waals surface area contributed by atoms with E-state index in [0.29, 0.717) is 15.8 Å². The standard InChI is InChI=1S/C19H20Cl2N2O2/c1-13-11-14(7-8-15(13)20)25-12-18(24)22-17-6-4-5-16(21)19(17)23-9-2-3-10-23/h4-8,11H,2-3,9-10,12H2,1H3,(H,22,24). The zero-order chi connectivity index (χ0) is 17.8. The van der Waals surface area contributed by atoms with Crippen molar-refractivity contribution in [2.45, 2.75) is 19.8 Å². The predicted octanol–water partition coefficient (Wildman–Crippen LogP) is 4.92. The number of amides is 1. The van der Waals surface area contributed by atoms with Crippen molar-refractivity contribution in [1.29, 1.82) is 0 Å². The van der Waals surface area contributed by atoms with Gasteiger partial charge in [0.1, 0.15) is 5.75 Å². The summed E-state index contributed by atoms with van der Waals surface area (Å²) in [5.41, 5.74) is 2.51. The topological polar surface area (TPSA) is 41.6 Å². The predicted molar refractivity (Wildman–Crippen MR) is 103 cm³/mol. The highest BCUT2D eigenvalue weighted by Gasteiger charge is 2.19. The lowest BCUT2D eigenvalue weighted by molar-refractivity contribution is -0.118. The second-order valence-electron chi connectivity index (χ2n) is 6.08. The molecule has 0 atom stereocenters. The molecule has 0 aromatic heterocycles. The van der Waals surface area contributed by atoms with Crippen LogP contribution in [0.4, 0.5) is 11.4 Å². The molecule has 1 N–H and O–H groups in total. The van der Waals surface area contributed by atoms with Crippen LogP contribution in [0.5, 0.6) is 5.75 Å². The molecule has 0 saturated carbocycles. The molecule has 1 amide bonds. The van der Waals surface area contributed by atoms with Crippen LogP contribution < -0.4 is 15.0 Å². The maximum absolute atomic E-state index is 12.3. The van der Waals surface area contributed by atoms with Gasteiger partial charge in [-0.2, -0.15) is 0 Å². The van der Waals surface area contributed by atoms with Gasteiger partial charge in [-0.05, 0) is 55.7 Å². The molecule has 0 bridgehead atoms. The Kier molecular flexibility index (Phi) is 5.71. The number of ether oxygens (including phenoxy) is 1. The van der Waals surface area contributed by atoms with Crippen molar-refractivity contribution in [2.24, 2.45) is 0 Å². The minimum Gasteiger partial charge on any atom is -0.484 e. The number of hydrogen-bond acceptors (Lipinski definition) is 3. The van der Waals surface area contributed by atoms with Gasteiger partial charge in [-0.1, -0.05) is 29.3 Å². The van der Waals surface area contributed by atoms with Crippen LogP contribution in [-0.4, -0.2) is 25.6 Å². The Morgan fingerprint density at radius 1 is 1.16 bits per heavy atom. The van der Waals surface area contributed by atoms with Gasteiger partial charge in [0.15, 0.2) is 6.61 Å².